The van der Waals surface area contributed by atoms with Crippen molar-refractivity contribution in [3.05, 3.63) is 58.0 Å². The molecule has 104 valence electrons. The summed E-state index contributed by atoms with van der Waals surface area (Å²) in [6, 6.07) is 14.3. The summed E-state index contributed by atoms with van der Waals surface area (Å²) in [6.45, 7) is 1.70. The standard InChI is InChI=1S/C15H13BrClNO2/c1-10(20-14-7-5-11(16)6-8-14)15(19)18-13-4-2-3-12(17)9-13/h2-10H,1H3,(H,18,19)/t10-/m1/s1. The van der Waals surface area contributed by atoms with Crippen molar-refractivity contribution >= 4 is 39.1 Å². The number of hydrogen-bond acceptors (Lipinski definition) is 2. The van der Waals surface area contributed by atoms with E-state index in [1.54, 1.807) is 43.3 Å². The summed E-state index contributed by atoms with van der Waals surface area (Å²) in [4.78, 5) is 12.0. The Bertz CT molecular complexity index is 601. The number of halogens is 2. The van der Waals surface area contributed by atoms with Gasteiger partial charge in [0.05, 0.1) is 0 Å². The minimum absolute atomic E-state index is 0.227. The predicted octanol–water partition coefficient (Wildman–Crippen LogP) is 4.51. The van der Waals surface area contributed by atoms with Crippen molar-refractivity contribution in [3.8, 4) is 5.75 Å². The number of carbonyl (C=O) groups excluding carboxylic acids is 1. The molecule has 0 aliphatic heterocycles. The predicted molar refractivity (Wildman–Crippen MR) is 84.3 cm³/mol. The number of nitrogens with one attached hydrogen (secondary N) is 1. The molecular weight excluding hydrogens is 342 g/mol. The maximum absolute atomic E-state index is 12.0. The quantitative estimate of drug-likeness (QED) is 0.877. The first-order chi connectivity index (χ1) is 9.54. The first-order valence-corrected chi connectivity index (χ1v) is 7.20. The van der Waals surface area contributed by atoms with Gasteiger partial charge in [-0.1, -0.05) is 33.6 Å². The van der Waals surface area contributed by atoms with Gasteiger partial charge in [0, 0.05) is 15.2 Å². The molecule has 0 saturated carbocycles. The molecule has 0 fully saturated rings. The van der Waals surface area contributed by atoms with Crippen LogP contribution in [0.3, 0.4) is 0 Å². The molecule has 1 amide bonds. The molecule has 0 spiro atoms. The third-order valence-corrected chi connectivity index (χ3v) is 3.35. The number of benzene rings is 2. The van der Waals surface area contributed by atoms with Gasteiger partial charge in [0.1, 0.15) is 5.75 Å². The highest BCUT2D eigenvalue weighted by atomic mass is 79.9. The second-order valence-corrected chi connectivity index (χ2v) is 5.57. The number of carbonyl (C=O) groups is 1. The molecule has 2 aromatic rings. The zero-order chi connectivity index (χ0) is 14.5. The van der Waals surface area contributed by atoms with E-state index in [2.05, 4.69) is 21.2 Å². The Kier molecular flexibility index (Phi) is 5.04. The fourth-order valence-corrected chi connectivity index (χ4v) is 2.04. The van der Waals surface area contributed by atoms with E-state index < -0.39 is 6.10 Å². The first-order valence-electron chi connectivity index (χ1n) is 6.03. The molecule has 0 aliphatic carbocycles. The SMILES string of the molecule is C[C@@H](Oc1ccc(Br)cc1)C(=O)Nc1cccc(Cl)c1. The lowest BCUT2D eigenvalue weighted by molar-refractivity contribution is -0.122. The summed E-state index contributed by atoms with van der Waals surface area (Å²) in [5, 5.41) is 3.33. The zero-order valence-electron chi connectivity index (χ0n) is 10.8. The molecule has 0 heterocycles. The van der Waals surface area contributed by atoms with Crippen LogP contribution in [0.5, 0.6) is 5.75 Å². The minimum atomic E-state index is -0.602. The van der Waals surface area contributed by atoms with Crippen LogP contribution in [-0.4, -0.2) is 12.0 Å². The Hall–Kier alpha value is -1.52. The molecule has 2 rings (SSSR count). The number of hydrogen-bond donors (Lipinski definition) is 1. The molecule has 0 bridgehead atoms. The molecule has 0 radical (unpaired) electrons. The first kappa shape index (κ1) is 14.9. The molecule has 3 nitrogen and oxygen atoms in total. The van der Waals surface area contributed by atoms with Crippen molar-refractivity contribution in [3.63, 3.8) is 0 Å². The van der Waals surface area contributed by atoms with Crippen molar-refractivity contribution < 1.29 is 9.53 Å². The summed E-state index contributed by atoms with van der Waals surface area (Å²) < 4.78 is 6.53. The van der Waals surface area contributed by atoms with E-state index in [9.17, 15) is 4.79 Å². The van der Waals surface area contributed by atoms with E-state index in [1.807, 2.05) is 12.1 Å². The molecule has 1 N–H and O–H groups in total. The maximum Gasteiger partial charge on any atom is 0.265 e. The second-order valence-electron chi connectivity index (χ2n) is 4.21. The van der Waals surface area contributed by atoms with Gasteiger partial charge >= 0.3 is 0 Å². The van der Waals surface area contributed by atoms with Gasteiger partial charge in [-0.25, -0.2) is 0 Å². The van der Waals surface area contributed by atoms with Crippen LogP contribution in [0, 0.1) is 0 Å². The maximum atomic E-state index is 12.0. The van der Waals surface area contributed by atoms with Crippen LogP contribution >= 0.6 is 27.5 Å². The van der Waals surface area contributed by atoms with E-state index in [0.29, 0.717) is 16.5 Å². The highest BCUT2D eigenvalue weighted by Crippen LogP contribution is 2.18. The van der Waals surface area contributed by atoms with Gasteiger partial charge < -0.3 is 10.1 Å². The van der Waals surface area contributed by atoms with Crippen molar-refractivity contribution in [2.45, 2.75) is 13.0 Å². The summed E-state index contributed by atoms with van der Waals surface area (Å²) in [6.07, 6.45) is -0.602. The second kappa shape index (κ2) is 6.77. The average molecular weight is 355 g/mol. The van der Waals surface area contributed by atoms with Gasteiger partial charge in [-0.2, -0.15) is 0 Å². The van der Waals surface area contributed by atoms with E-state index in [-0.39, 0.29) is 5.91 Å². The van der Waals surface area contributed by atoms with Crippen molar-refractivity contribution in [2.75, 3.05) is 5.32 Å². The molecule has 0 unspecified atom stereocenters. The molecule has 5 heteroatoms. The largest absolute Gasteiger partial charge is 0.481 e. The fraction of sp³-hybridized carbons (Fsp3) is 0.133. The van der Waals surface area contributed by atoms with Crippen LogP contribution in [0.1, 0.15) is 6.92 Å². The lowest BCUT2D eigenvalue weighted by Gasteiger charge is -2.14. The number of rotatable bonds is 4. The summed E-state index contributed by atoms with van der Waals surface area (Å²) in [5.74, 6) is 0.414. The Balaban J connectivity index is 1.96. The van der Waals surface area contributed by atoms with E-state index in [4.69, 9.17) is 16.3 Å². The van der Waals surface area contributed by atoms with Gasteiger partial charge in [-0.3, -0.25) is 4.79 Å². The van der Waals surface area contributed by atoms with Crippen molar-refractivity contribution in [2.24, 2.45) is 0 Å². The molecule has 20 heavy (non-hydrogen) atoms. The lowest BCUT2D eigenvalue weighted by atomic mass is 10.3. The summed E-state index contributed by atoms with van der Waals surface area (Å²) >= 11 is 9.21. The van der Waals surface area contributed by atoms with E-state index in [1.165, 1.54) is 0 Å². The van der Waals surface area contributed by atoms with Gasteiger partial charge in [-0.05, 0) is 49.4 Å². The number of ether oxygens (including phenoxy) is 1. The third kappa shape index (κ3) is 4.25. The highest BCUT2D eigenvalue weighted by molar-refractivity contribution is 9.10. The molecule has 0 saturated heterocycles. The molecule has 0 aromatic heterocycles. The molecule has 2 aromatic carbocycles. The smallest absolute Gasteiger partial charge is 0.265 e. The van der Waals surface area contributed by atoms with Crippen LogP contribution in [0.2, 0.25) is 5.02 Å². The Morgan fingerprint density at radius 3 is 2.60 bits per heavy atom. The Labute approximate surface area is 131 Å². The van der Waals surface area contributed by atoms with Crippen molar-refractivity contribution in [1.82, 2.24) is 0 Å². The molecular formula is C15H13BrClNO2. The highest BCUT2D eigenvalue weighted by Gasteiger charge is 2.14. The zero-order valence-corrected chi connectivity index (χ0v) is 13.1. The lowest BCUT2D eigenvalue weighted by Crippen LogP contribution is -2.30. The molecule has 0 aliphatic rings. The van der Waals surface area contributed by atoms with Crippen LogP contribution < -0.4 is 10.1 Å². The third-order valence-electron chi connectivity index (χ3n) is 2.59. The fourth-order valence-electron chi connectivity index (χ4n) is 1.58. The minimum Gasteiger partial charge on any atom is -0.481 e. The van der Waals surface area contributed by atoms with Crippen LogP contribution in [0.25, 0.3) is 0 Å². The van der Waals surface area contributed by atoms with Gasteiger partial charge in [0.15, 0.2) is 6.10 Å². The van der Waals surface area contributed by atoms with Crippen LogP contribution in [0.4, 0.5) is 5.69 Å². The summed E-state index contributed by atoms with van der Waals surface area (Å²) in [7, 11) is 0. The van der Waals surface area contributed by atoms with Crippen LogP contribution in [-0.2, 0) is 4.79 Å². The normalized spacial score (nSPS) is 11.8. The monoisotopic (exact) mass is 353 g/mol. The van der Waals surface area contributed by atoms with Gasteiger partial charge in [-0.15, -0.1) is 0 Å². The van der Waals surface area contributed by atoms with E-state index >= 15 is 0 Å². The van der Waals surface area contributed by atoms with Gasteiger partial charge in [0.25, 0.3) is 5.91 Å². The molecule has 1 atom stereocenters. The summed E-state index contributed by atoms with van der Waals surface area (Å²) in [5.41, 5.74) is 0.647. The number of amides is 1. The Morgan fingerprint density at radius 2 is 1.95 bits per heavy atom. The average Bonchev–Trinajstić information content (AvgIpc) is 2.41. The number of anilines is 1. The van der Waals surface area contributed by atoms with Crippen LogP contribution in [0.15, 0.2) is 53.0 Å². The topological polar surface area (TPSA) is 38.3 Å². The Morgan fingerprint density at radius 1 is 1.25 bits per heavy atom. The van der Waals surface area contributed by atoms with Gasteiger partial charge in [0.2, 0.25) is 0 Å². The van der Waals surface area contributed by atoms with E-state index in [0.717, 1.165) is 4.47 Å². The van der Waals surface area contributed by atoms with Crippen molar-refractivity contribution in [1.29, 1.82) is 0 Å².